The first-order valence-corrected chi connectivity index (χ1v) is 8.84. The van der Waals surface area contributed by atoms with Crippen molar-refractivity contribution < 1.29 is 0 Å². The van der Waals surface area contributed by atoms with Gasteiger partial charge in [-0.25, -0.2) is 4.98 Å². The van der Waals surface area contributed by atoms with Crippen molar-refractivity contribution >= 4 is 32.2 Å². The van der Waals surface area contributed by atoms with Gasteiger partial charge in [-0.2, -0.15) is 0 Å². The minimum Gasteiger partial charge on any atom is -0.310 e. The minimum absolute atomic E-state index is 0.283. The van der Waals surface area contributed by atoms with E-state index in [0.717, 1.165) is 34.5 Å². The number of thiazole rings is 1. The summed E-state index contributed by atoms with van der Waals surface area (Å²) in [6.07, 6.45) is 6.21. The molecule has 0 aliphatic carbocycles. The van der Waals surface area contributed by atoms with Crippen LogP contribution in [0.3, 0.4) is 0 Å². The molecule has 0 saturated carbocycles. The molecular weight excluding hydrogens is 346 g/mol. The van der Waals surface area contributed by atoms with E-state index in [1.807, 2.05) is 0 Å². The molecule has 3 nitrogen and oxygen atoms in total. The summed E-state index contributed by atoms with van der Waals surface area (Å²) < 4.78 is 3.25. The van der Waals surface area contributed by atoms with E-state index < -0.39 is 0 Å². The predicted octanol–water partition coefficient (Wildman–Crippen LogP) is 4.44. The molecule has 1 aromatic carbocycles. The number of hydrogen-bond acceptors (Lipinski definition) is 3. The first-order valence-electron chi connectivity index (χ1n) is 7.17. The van der Waals surface area contributed by atoms with Crippen LogP contribution in [-0.4, -0.2) is 15.9 Å². The third-order valence-electron chi connectivity index (χ3n) is 3.48. The van der Waals surface area contributed by atoms with Crippen LogP contribution >= 0.6 is 27.3 Å². The fourth-order valence-corrected chi connectivity index (χ4v) is 3.73. The van der Waals surface area contributed by atoms with Gasteiger partial charge in [-0.1, -0.05) is 41.1 Å². The van der Waals surface area contributed by atoms with E-state index in [2.05, 4.69) is 74.6 Å². The van der Waals surface area contributed by atoms with Gasteiger partial charge in [-0.3, -0.25) is 4.40 Å². The van der Waals surface area contributed by atoms with E-state index in [-0.39, 0.29) is 6.04 Å². The summed E-state index contributed by atoms with van der Waals surface area (Å²) in [6, 6.07) is 8.70. The van der Waals surface area contributed by atoms with Crippen molar-refractivity contribution in [2.75, 3.05) is 6.54 Å². The topological polar surface area (TPSA) is 29.3 Å². The fraction of sp³-hybridized carbons (Fsp3) is 0.312. The molecule has 0 amide bonds. The second-order valence-corrected chi connectivity index (χ2v) is 6.78. The highest BCUT2D eigenvalue weighted by Crippen LogP contribution is 2.26. The standard InChI is InChI=1S/C16H18BrN3S/c1-2-7-18-15(13-5-3-4-6-14(13)17)10-12-11-20-8-9-21-16(20)19-12/h3-6,8-9,11,15,18H,2,7,10H2,1H3. The largest absolute Gasteiger partial charge is 0.310 e. The molecule has 0 saturated heterocycles. The van der Waals surface area contributed by atoms with E-state index in [0.29, 0.717) is 0 Å². The van der Waals surface area contributed by atoms with Gasteiger partial charge < -0.3 is 5.32 Å². The Bertz CT molecular complexity index is 690. The monoisotopic (exact) mass is 363 g/mol. The number of nitrogens with one attached hydrogen (secondary N) is 1. The average Bonchev–Trinajstić information content (AvgIpc) is 3.05. The Morgan fingerprint density at radius 2 is 2.24 bits per heavy atom. The number of fused-ring (bicyclic) bond motifs is 1. The van der Waals surface area contributed by atoms with Crippen LogP contribution in [0.25, 0.3) is 4.96 Å². The van der Waals surface area contributed by atoms with Gasteiger partial charge in [0.2, 0.25) is 0 Å². The van der Waals surface area contributed by atoms with Crippen LogP contribution in [0.1, 0.15) is 30.6 Å². The van der Waals surface area contributed by atoms with Gasteiger partial charge in [-0.05, 0) is 24.6 Å². The van der Waals surface area contributed by atoms with Crippen molar-refractivity contribution in [3.05, 3.63) is 57.8 Å². The van der Waals surface area contributed by atoms with E-state index in [9.17, 15) is 0 Å². The Morgan fingerprint density at radius 1 is 1.38 bits per heavy atom. The van der Waals surface area contributed by atoms with Gasteiger partial charge >= 0.3 is 0 Å². The molecule has 1 atom stereocenters. The molecule has 3 aromatic rings. The van der Waals surface area contributed by atoms with Crippen LogP contribution in [-0.2, 0) is 6.42 Å². The number of nitrogens with zero attached hydrogens (tertiary/aromatic N) is 2. The number of rotatable bonds is 6. The summed E-state index contributed by atoms with van der Waals surface area (Å²) in [4.78, 5) is 5.76. The van der Waals surface area contributed by atoms with Crippen LogP contribution in [0.4, 0.5) is 0 Å². The van der Waals surface area contributed by atoms with Crippen molar-refractivity contribution in [3.63, 3.8) is 0 Å². The van der Waals surface area contributed by atoms with Gasteiger partial charge in [0.05, 0.1) is 5.69 Å². The summed E-state index contributed by atoms with van der Waals surface area (Å²) in [6.45, 7) is 3.20. The molecule has 2 aromatic heterocycles. The van der Waals surface area contributed by atoms with Crippen LogP contribution in [0, 0.1) is 0 Å². The molecule has 1 N–H and O–H groups in total. The molecule has 3 rings (SSSR count). The maximum atomic E-state index is 4.70. The van der Waals surface area contributed by atoms with Crippen molar-refractivity contribution in [2.45, 2.75) is 25.8 Å². The van der Waals surface area contributed by atoms with E-state index in [4.69, 9.17) is 4.98 Å². The highest BCUT2D eigenvalue weighted by atomic mass is 79.9. The number of hydrogen-bond donors (Lipinski definition) is 1. The number of benzene rings is 1. The van der Waals surface area contributed by atoms with Gasteiger partial charge in [0, 0.05) is 34.7 Å². The SMILES string of the molecule is CCCNC(Cc1cn2ccsc2n1)c1ccccc1Br. The molecular formula is C16H18BrN3S. The molecule has 0 radical (unpaired) electrons. The molecule has 21 heavy (non-hydrogen) atoms. The molecule has 0 spiro atoms. The average molecular weight is 364 g/mol. The second kappa shape index (κ2) is 6.73. The van der Waals surface area contributed by atoms with Crippen LogP contribution < -0.4 is 5.32 Å². The lowest BCUT2D eigenvalue weighted by atomic mass is 10.0. The van der Waals surface area contributed by atoms with Gasteiger partial charge in [-0.15, -0.1) is 11.3 Å². The van der Waals surface area contributed by atoms with Gasteiger partial charge in [0.25, 0.3) is 0 Å². The molecule has 0 aliphatic rings. The van der Waals surface area contributed by atoms with Crippen LogP contribution in [0.15, 0.2) is 46.5 Å². The summed E-state index contributed by atoms with van der Waals surface area (Å²) >= 11 is 5.34. The molecule has 1 unspecified atom stereocenters. The molecule has 5 heteroatoms. The van der Waals surface area contributed by atoms with Crippen molar-refractivity contribution in [2.24, 2.45) is 0 Å². The first-order chi connectivity index (χ1) is 10.3. The summed E-state index contributed by atoms with van der Waals surface area (Å²) in [5, 5.41) is 5.70. The minimum atomic E-state index is 0.283. The Hall–Kier alpha value is -1.17. The summed E-state index contributed by atoms with van der Waals surface area (Å²) in [5.74, 6) is 0. The fourth-order valence-electron chi connectivity index (χ4n) is 2.45. The summed E-state index contributed by atoms with van der Waals surface area (Å²) in [5.41, 5.74) is 2.42. The van der Waals surface area contributed by atoms with Crippen LogP contribution in [0.5, 0.6) is 0 Å². The lowest BCUT2D eigenvalue weighted by Gasteiger charge is -2.19. The summed E-state index contributed by atoms with van der Waals surface area (Å²) in [7, 11) is 0. The lowest BCUT2D eigenvalue weighted by Crippen LogP contribution is -2.24. The normalized spacial score (nSPS) is 12.9. The Kier molecular flexibility index (Phi) is 4.73. The molecule has 0 bridgehead atoms. The number of imidazole rings is 1. The molecule has 110 valence electrons. The quantitative estimate of drug-likeness (QED) is 0.701. The number of halogens is 1. The number of aromatic nitrogens is 2. The lowest BCUT2D eigenvalue weighted by molar-refractivity contribution is 0.524. The van der Waals surface area contributed by atoms with E-state index in [1.165, 1.54) is 5.56 Å². The van der Waals surface area contributed by atoms with Gasteiger partial charge in [0.1, 0.15) is 0 Å². The van der Waals surface area contributed by atoms with Crippen molar-refractivity contribution in [1.29, 1.82) is 0 Å². The highest BCUT2D eigenvalue weighted by Gasteiger charge is 2.16. The molecule has 0 aliphatic heterocycles. The van der Waals surface area contributed by atoms with Crippen molar-refractivity contribution in [3.8, 4) is 0 Å². The van der Waals surface area contributed by atoms with Gasteiger partial charge in [0.15, 0.2) is 4.96 Å². The zero-order chi connectivity index (χ0) is 14.7. The first kappa shape index (κ1) is 14.8. The smallest absolute Gasteiger partial charge is 0.193 e. The zero-order valence-electron chi connectivity index (χ0n) is 11.9. The maximum absolute atomic E-state index is 4.70. The third kappa shape index (κ3) is 3.36. The second-order valence-electron chi connectivity index (χ2n) is 5.06. The van der Waals surface area contributed by atoms with Crippen molar-refractivity contribution in [1.82, 2.24) is 14.7 Å². The Morgan fingerprint density at radius 3 is 3.00 bits per heavy atom. The predicted molar refractivity (Wildman–Crippen MR) is 91.9 cm³/mol. The molecule has 2 heterocycles. The molecule has 0 fully saturated rings. The maximum Gasteiger partial charge on any atom is 0.193 e. The Balaban J connectivity index is 1.85. The van der Waals surface area contributed by atoms with E-state index in [1.54, 1.807) is 11.3 Å². The van der Waals surface area contributed by atoms with Crippen LogP contribution in [0.2, 0.25) is 0 Å². The van der Waals surface area contributed by atoms with E-state index >= 15 is 0 Å². The Labute approximate surface area is 137 Å². The third-order valence-corrected chi connectivity index (χ3v) is 4.97. The zero-order valence-corrected chi connectivity index (χ0v) is 14.3. The highest BCUT2D eigenvalue weighted by molar-refractivity contribution is 9.10.